The average molecular weight is 455 g/mol. The smallest absolute Gasteiger partial charge is 0.284 e. The van der Waals surface area contributed by atoms with E-state index in [0.717, 1.165) is 5.56 Å². The largest absolute Gasteiger partial charge is 0.494 e. The number of benzene rings is 3. The van der Waals surface area contributed by atoms with E-state index in [-0.39, 0.29) is 18.0 Å². The van der Waals surface area contributed by atoms with Crippen LogP contribution in [-0.4, -0.2) is 34.5 Å². The molecule has 8 nitrogen and oxygen atoms in total. The number of hydrazone groups is 1. The zero-order valence-electron chi connectivity index (χ0n) is 18.3. The summed E-state index contributed by atoms with van der Waals surface area (Å²) in [5.41, 5.74) is 3.91. The Kier molecular flexibility index (Phi) is 5.47. The van der Waals surface area contributed by atoms with Gasteiger partial charge in [-0.3, -0.25) is 9.59 Å². The van der Waals surface area contributed by atoms with Gasteiger partial charge in [0.15, 0.2) is 11.5 Å². The molecule has 2 heterocycles. The third-order valence-corrected chi connectivity index (χ3v) is 5.57. The van der Waals surface area contributed by atoms with Crippen LogP contribution >= 0.6 is 0 Å². The molecule has 0 spiro atoms. The molecular weight excluding hydrogens is 434 g/mol. The molecule has 0 radical (unpaired) electrons. The molecular formula is C26H21N3O5. The van der Waals surface area contributed by atoms with Crippen LogP contribution in [0.1, 0.15) is 11.1 Å². The molecule has 1 aromatic heterocycles. The molecule has 5 rings (SSSR count). The predicted octanol–water partition coefficient (Wildman–Crippen LogP) is 3.29. The lowest BCUT2D eigenvalue weighted by molar-refractivity contribution is -0.130. The normalized spacial score (nSPS) is 14.9. The van der Waals surface area contributed by atoms with Crippen LogP contribution in [0.2, 0.25) is 0 Å². The van der Waals surface area contributed by atoms with Gasteiger partial charge in [-0.25, -0.2) is 9.99 Å². The first-order chi connectivity index (χ1) is 16.5. The molecule has 1 aliphatic heterocycles. The number of para-hydroxylation sites is 2. The van der Waals surface area contributed by atoms with Crippen molar-refractivity contribution in [2.24, 2.45) is 5.10 Å². The Labute approximate surface area is 194 Å². The van der Waals surface area contributed by atoms with Crippen molar-refractivity contribution in [2.75, 3.05) is 6.61 Å². The summed E-state index contributed by atoms with van der Waals surface area (Å²) in [5, 5.41) is 16.0. The van der Waals surface area contributed by atoms with E-state index in [9.17, 15) is 14.7 Å². The van der Waals surface area contributed by atoms with Crippen molar-refractivity contribution in [1.82, 2.24) is 9.99 Å². The Morgan fingerprint density at radius 1 is 1.03 bits per heavy atom. The van der Waals surface area contributed by atoms with Crippen LogP contribution in [0, 0.1) is 6.92 Å². The topological polar surface area (TPSA) is 102 Å². The summed E-state index contributed by atoms with van der Waals surface area (Å²) in [5.74, 6) is 0.273. The van der Waals surface area contributed by atoms with Crippen LogP contribution in [0.15, 0.2) is 82.7 Å². The highest BCUT2D eigenvalue weighted by Crippen LogP contribution is 2.31. The summed E-state index contributed by atoms with van der Waals surface area (Å²) in [4.78, 5) is 25.7. The number of ether oxygens (including phenoxy) is 2. The molecule has 0 saturated heterocycles. The van der Waals surface area contributed by atoms with Crippen LogP contribution in [-0.2, 0) is 4.79 Å². The van der Waals surface area contributed by atoms with E-state index in [2.05, 4.69) is 10.5 Å². The number of carbonyl (C=O) groups excluding carboxylic acids is 1. The maximum atomic E-state index is 13.1. The van der Waals surface area contributed by atoms with E-state index in [0.29, 0.717) is 33.5 Å². The third-order valence-electron chi connectivity index (χ3n) is 5.57. The molecule has 0 bridgehead atoms. The van der Waals surface area contributed by atoms with Crippen LogP contribution in [0.25, 0.3) is 16.5 Å². The van der Waals surface area contributed by atoms with Crippen LogP contribution in [0.3, 0.4) is 0 Å². The summed E-state index contributed by atoms with van der Waals surface area (Å²) >= 11 is 0. The van der Waals surface area contributed by atoms with Crippen LogP contribution < -0.4 is 20.5 Å². The quantitative estimate of drug-likeness (QED) is 0.363. The summed E-state index contributed by atoms with van der Waals surface area (Å²) in [6.07, 6.45) is 0.441. The molecule has 1 atom stereocenters. The van der Waals surface area contributed by atoms with Gasteiger partial charge < -0.3 is 14.6 Å². The van der Waals surface area contributed by atoms with Crippen molar-refractivity contribution < 1.29 is 19.4 Å². The highest BCUT2D eigenvalue weighted by Gasteiger charge is 2.27. The van der Waals surface area contributed by atoms with Gasteiger partial charge in [0.05, 0.1) is 17.5 Å². The van der Waals surface area contributed by atoms with E-state index in [1.807, 2.05) is 25.1 Å². The van der Waals surface area contributed by atoms with E-state index in [4.69, 9.17) is 9.47 Å². The fourth-order valence-corrected chi connectivity index (χ4v) is 3.80. The SMILES string of the molecule is Cc1ccc(-n2c(O)c(/C=N/NC(=O)[C@@H]3COc4ccccc4O3)c3ccccc3c2=O)cc1. The Morgan fingerprint density at radius 2 is 1.71 bits per heavy atom. The average Bonchev–Trinajstić information content (AvgIpc) is 2.87. The maximum Gasteiger partial charge on any atom is 0.284 e. The lowest BCUT2D eigenvalue weighted by Gasteiger charge is -2.24. The van der Waals surface area contributed by atoms with Gasteiger partial charge in [-0.1, -0.05) is 48.0 Å². The number of nitrogens with one attached hydrogen (secondary N) is 1. The standard InChI is InChI=1S/C26H21N3O5/c1-16-10-12-17(13-11-16)29-25(31)19-7-3-2-6-18(19)20(26(29)32)14-27-28-24(30)23-15-33-21-8-4-5-9-22(21)34-23/h2-14,23,32H,15H2,1H3,(H,28,30)/b27-14+/t23-/m0/s1. The minimum absolute atomic E-state index is 0.0465. The van der Waals surface area contributed by atoms with Crippen molar-refractivity contribution in [1.29, 1.82) is 0 Å². The molecule has 3 aromatic carbocycles. The Morgan fingerprint density at radius 3 is 2.47 bits per heavy atom. The number of hydrogen-bond acceptors (Lipinski definition) is 6. The predicted molar refractivity (Wildman–Crippen MR) is 128 cm³/mol. The van der Waals surface area contributed by atoms with Gasteiger partial charge in [0, 0.05) is 10.8 Å². The molecule has 0 unspecified atom stereocenters. The van der Waals surface area contributed by atoms with Gasteiger partial charge in [0.2, 0.25) is 12.0 Å². The number of aromatic nitrogens is 1. The molecule has 0 fully saturated rings. The zero-order chi connectivity index (χ0) is 23.7. The molecule has 4 aromatic rings. The Hall–Kier alpha value is -4.59. The van der Waals surface area contributed by atoms with Gasteiger partial charge >= 0.3 is 0 Å². The number of amides is 1. The molecule has 0 aliphatic carbocycles. The highest BCUT2D eigenvalue weighted by molar-refractivity contribution is 6.02. The van der Waals surface area contributed by atoms with Crippen molar-refractivity contribution in [3.8, 4) is 23.1 Å². The first-order valence-electron chi connectivity index (χ1n) is 10.7. The number of nitrogens with zero attached hydrogens (tertiary/aromatic N) is 2. The van der Waals surface area contributed by atoms with Gasteiger partial charge in [-0.05, 0) is 37.3 Å². The van der Waals surface area contributed by atoms with E-state index in [1.165, 1.54) is 10.8 Å². The number of pyridine rings is 1. The van der Waals surface area contributed by atoms with E-state index in [1.54, 1.807) is 54.6 Å². The fraction of sp³-hybridized carbons (Fsp3) is 0.115. The second kappa shape index (κ2) is 8.74. The summed E-state index contributed by atoms with van der Waals surface area (Å²) < 4.78 is 12.5. The second-order valence-electron chi connectivity index (χ2n) is 7.86. The zero-order valence-corrected chi connectivity index (χ0v) is 18.3. The van der Waals surface area contributed by atoms with E-state index < -0.39 is 12.0 Å². The fourth-order valence-electron chi connectivity index (χ4n) is 3.80. The summed E-state index contributed by atoms with van der Waals surface area (Å²) in [7, 11) is 0. The lowest BCUT2D eigenvalue weighted by Crippen LogP contribution is -2.42. The Bertz CT molecular complexity index is 1470. The summed E-state index contributed by atoms with van der Waals surface area (Å²) in [6, 6.07) is 21.2. The van der Waals surface area contributed by atoms with Gasteiger partial charge in [0.1, 0.15) is 6.61 Å². The monoisotopic (exact) mass is 455 g/mol. The number of carbonyl (C=O) groups is 1. The lowest BCUT2D eigenvalue weighted by atomic mass is 10.1. The minimum atomic E-state index is -0.876. The number of aryl methyl sites for hydroxylation is 1. The third kappa shape index (κ3) is 3.86. The molecule has 170 valence electrons. The van der Waals surface area contributed by atoms with Crippen LogP contribution in [0.4, 0.5) is 0 Å². The van der Waals surface area contributed by atoms with Crippen molar-refractivity contribution in [3.05, 3.63) is 94.3 Å². The maximum absolute atomic E-state index is 13.1. The van der Waals surface area contributed by atoms with Crippen molar-refractivity contribution in [3.63, 3.8) is 0 Å². The first-order valence-corrected chi connectivity index (χ1v) is 10.7. The first kappa shape index (κ1) is 21.3. The number of hydrogen-bond donors (Lipinski definition) is 2. The Balaban J connectivity index is 1.46. The number of aromatic hydroxyl groups is 1. The highest BCUT2D eigenvalue weighted by atomic mass is 16.6. The molecule has 1 aliphatic rings. The summed E-state index contributed by atoms with van der Waals surface area (Å²) in [6.45, 7) is 1.98. The molecule has 1 amide bonds. The molecule has 8 heteroatoms. The number of rotatable bonds is 4. The van der Waals surface area contributed by atoms with Crippen LogP contribution in [0.5, 0.6) is 17.4 Å². The second-order valence-corrected chi connectivity index (χ2v) is 7.86. The molecule has 34 heavy (non-hydrogen) atoms. The van der Waals surface area contributed by atoms with E-state index >= 15 is 0 Å². The minimum Gasteiger partial charge on any atom is -0.494 e. The van der Waals surface area contributed by atoms with Gasteiger partial charge in [-0.2, -0.15) is 5.10 Å². The molecule has 2 N–H and O–H groups in total. The number of fused-ring (bicyclic) bond motifs is 2. The van der Waals surface area contributed by atoms with Crippen molar-refractivity contribution in [2.45, 2.75) is 13.0 Å². The van der Waals surface area contributed by atoms with Gasteiger partial charge in [0.25, 0.3) is 11.5 Å². The van der Waals surface area contributed by atoms with Gasteiger partial charge in [-0.15, -0.1) is 0 Å². The molecule has 0 saturated carbocycles. The van der Waals surface area contributed by atoms with Crippen molar-refractivity contribution >= 4 is 22.9 Å².